The Labute approximate surface area is 151 Å². The maximum absolute atomic E-state index is 12.8. The van der Waals surface area contributed by atoms with Crippen molar-refractivity contribution in [2.75, 3.05) is 13.1 Å². The molecule has 24 heavy (non-hydrogen) atoms. The topological polar surface area (TPSA) is 49.4 Å². The van der Waals surface area contributed by atoms with Crippen LogP contribution < -0.4 is 5.32 Å². The van der Waals surface area contributed by atoms with Gasteiger partial charge in [0.2, 0.25) is 5.91 Å². The minimum atomic E-state index is -0.00777. The minimum absolute atomic E-state index is 0.00572. The molecular weight excluding hydrogens is 368 g/mol. The highest BCUT2D eigenvalue weighted by Crippen LogP contribution is 2.52. The van der Waals surface area contributed by atoms with Gasteiger partial charge in [0.25, 0.3) is 5.91 Å². The SMILES string of the molecule is O=C(CN1CC2(CC2)c2cc(Br)ccc2C1=O)NC1CCCCC1. The fraction of sp³-hybridized carbons (Fsp3) is 0.579. The Bertz CT molecular complexity index is 678. The molecular formula is C19H23BrN2O2. The average Bonchev–Trinajstić information content (AvgIpc) is 3.34. The van der Waals surface area contributed by atoms with Crippen LogP contribution in [0.5, 0.6) is 0 Å². The van der Waals surface area contributed by atoms with Crippen molar-refractivity contribution in [1.82, 2.24) is 10.2 Å². The molecule has 1 aromatic rings. The number of carbonyl (C=O) groups is 2. The third kappa shape index (κ3) is 2.99. The zero-order valence-electron chi connectivity index (χ0n) is 13.8. The fourth-order valence-corrected chi connectivity index (χ4v) is 4.60. The molecule has 0 atom stereocenters. The summed E-state index contributed by atoms with van der Waals surface area (Å²) < 4.78 is 1.02. The Kier molecular flexibility index (Phi) is 4.15. The van der Waals surface area contributed by atoms with Crippen molar-refractivity contribution in [1.29, 1.82) is 0 Å². The molecule has 1 N–H and O–H groups in total. The number of hydrogen-bond acceptors (Lipinski definition) is 2. The van der Waals surface area contributed by atoms with Gasteiger partial charge in [0, 0.05) is 28.0 Å². The molecule has 0 aromatic heterocycles. The Morgan fingerprint density at radius 3 is 2.71 bits per heavy atom. The number of nitrogens with one attached hydrogen (secondary N) is 1. The van der Waals surface area contributed by atoms with Crippen molar-refractivity contribution in [2.24, 2.45) is 0 Å². The van der Waals surface area contributed by atoms with Crippen LogP contribution in [0, 0.1) is 0 Å². The van der Waals surface area contributed by atoms with Gasteiger partial charge in [-0.3, -0.25) is 9.59 Å². The summed E-state index contributed by atoms with van der Waals surface area (Å²) in [5.41, 5.74) is 2.01. The molecule has 0 radical (unpaired) electrons. The van der Waals surface area contributed by atoms with Gasteiger partial charge in [-0.2, -0.15) is 0 Å². The number of fused-ring (bicyclic) bond motifs is 2. The molecule has 0 unspecified atom stereocenters. The summed E-state index contributed by atoms with van der Waals surface area (Å²) >= 11 is 3.51. The molecule has 0 bridgehead atoms. The second kappa shape index (κ2) is 6.17. The molecule has 2 aliphatic carbocycles. The molecule has 2 amide bonds. The van der Waals surface area contributed by atoms with Gasteiger partial charge in [0.15, 0.2) is 0 Å². The van der Waals surface area contributed by atoms with E-state index in [1.165, 1.54) is 19.3 Å². The third-order valence-corrected chi connectivity index (χ3v) is 6.22. The molecule has 2 fully saturated rings. The first-order valence-corrected chi connectivity index (χ1v) is 9.75. The van der Waals surface area contributed by atoms with Crippen molar-refractivity contribution < 1.29 is 9.59 Å². The van der Waals surface area contributed by atoms with Crippen LogP contribution >= 0.6 is 15.9 Å². The highest BCUT2D eigenvalue weighted by atomic mass is 79.9. The lowest BCUT2D eigenvalue weighted by atomic mass is 9.86. The van der Waals surface area contributed by atoms with Gasteiger partial charge in [-0.05, 0) is 49.4 Å². The van der Waals surface area contributed by atoms with E-state index in [0.717, 1.165) is 41.3 Å². The molecule has 4 nitrogen and oxygen atoms in total. The normalized spacial score (nSPS) is 22.4. The molecule has 5 heteroatoms. The smallest absolute Gasteiger partial charge is 0.254 e. The number of amides is 2. The molecule has 0 saturated heterocycles. The van der Waals surface area contributed by atoms with Gasteiger partial charge in [-0.25, -0.2) is 0 Å². The molecule has 1 aliphatic heterocycles. The second-order valence-corrected chi connectivity index (χ2v) is 8.45. The minimum Gasteiger partial charge on any atom is -0.352 e. The summed E-state index contributed by atoms with van der Waals surface area (Å²) in [7, 11) is 0. The number of carbonyl (C=O) groups excluding carboxylic acids is 2. The van der Waals surface area contributed by atoms with E-state index in [9.17, 15) is 9.59 Å². The highest BCUT2D eigenvalue weighted by Gasteiger charge is 2.51. The first-order chi connectivity index (χ1) is 11.6. The summed E-state index contributed by atoms with van der Waals surface area (Å²) in [4.78, 5) is 27.0. The maximum atomic E-state index is 12.8. The lowest BCUT2D eigenvalue weighted by Crippen LogP contribution is -2.49. The molecule has 3 aliphatic rings. The Balaban J connectivity index is 1.47. The Morgan fingerprint density at radius 2 is 2.00 bits per heavy atom. The zero-order chi connectivity index (χ0) is 16.7. The maximum Gasteiger partial charge on any atom is 0.254 e. The van der Waals surface area contributed by atoms with Gasteiger partial charge in [-0.15, -0.1) is 0 Å². The molecule has 1 heterocycles. The summed E-state index contributed by atoms with van der Waals surface area (Å²) in [5, 5.41) is 3.13. The summed E-state index contributed by atoms with van der Waals surface area (Å²) in [6, 6.07) is 6.19. The van der Waals surface area contributed by atoms with E-state index in [1.807, 2.05) is 12.1 Å². The van der Waals surface area contributed by atoms with E-state index in [-0.39, 0.29) is 23.8 Å². The highest BCUT2D eigenvalue weighted by molar-refractivity contribution is 9.10. The first-order valence-electron chi connectivity index (χ1n) is 8.96. The summed E-state index contributed by atoms with van der Waals surface area (Å²) in [6.45, 7) is 0.861. The molecule has 1 spiro atoms. The van der Waals surface area contributed by atoms with Crippen LogP contribution in [-0.2, 0) is 10.2 Å². The summed E-state index contributed by atoms with van der Waals surface area (Å²) in [6.07, 6.45) is 8.00. The van der Waals surface area contributed by atoms with Crippen LogP contribution in [0.15, 0.2) is 22.7 Å². The van der Waals surface area contributed by atoms with E-state index in [2.05, 4.69) is 27.3 Å². The monoisotopic (exact) mass is 390 g/mol. The Hall–Kier alpha value is -1.36. The standard InChI is InChI=1S/C19H23BrN2O2/c20-13-6-7-15-16(10-13)19(8-9-19)12-22(18(15)24)11-17(23)21-14-4-2-1-3-5-14/h6-7,10,14H,1-5,8-9,11-12H2,(H,21,23). The van der Waals surface area contributed by atoms with Gasteiger partial charge >= 0.3 is 0 Å². The van der Waals surface area contributed by atoms with Crippen molar-refractivity contribution >= 4 is 27.7 Å². The lowest BCUT2D eigenvalue weighted by Gasteiger charge is -2.35. The van der Waals surface area contributed by atoms with E-state index >= 15 is 0 Å². The van der Waals surface area contributed by atoms with Crippen LogP contribution in [0.4, 0.5) is 0 Å². The Morgan fingerprint density at radius 1 is 1.25 bits per heavy atom. The van der Waals surface area contributed by atoms with Gasteiger partial charge in [0.05, 0.1) is 6.54 Å². The fourth-order valence-electron chi connectivity index (χ4n) is 4.23. The van der Waals surface area contributed by atoms with E-state index < -0.39 is 0 Å². The predicted octanol–water partition coefficient (Wildman–Crippen LogP) is 3.39. The van der Waals surface area contributed by atoms with Crippen molar-refractivity contribution in [2.45, 2.75) is 56.4 Å². The molecule has 128 valence electrons. The van der Waals surface area contributed by atoms with E-state index in [1.54, 1.807) is 4.90 Å². The molecule has 4 rings (SSSR count). The van der Waals surface area contributed by atoms with E-state index in [4.69, 9.17) is 0 Å². The van der Waals surface area contributed by atoms with Crippen LogP contribution in [0.2, 0.25) is 0 Å². The quantitative estimate of drug-likeness (QED) is 0.859. The van der Waals surface area contributed by atoms with E-state index in [0.29, 0.717) is 12.6 Å². The molecule has 1 aromatic carbocycles. The number of rotatable bonds is 3. The zero-order valence-corrected chi connectivity index (χ0v) is 15.4. The summed E-state index contributed by atoms with van der Waals surface area (Å²) in [5.74, 6) is -0.0135. The number of hydrogen-bond donors (Lipinski definition) is 1. The van der Waals surface area contributed by atoms with Crippen LogP contribution in [0.1, 0.15) is 60.9 Å². The van der Waals surface area contributed by atoms with Crippen molar-refractivity contribution in [3.8, 4) is 0 Å². The average molecular weight is 391 g/mol. The first kappa shape index (κ1) is 16.1. The van der Waals surface area contributed by atoms with Gasteiger partial charge in [0.1, 0.15) is 0 Å². The van der Waals surface area contributed by atoms with Gasteiger partial charge in [-0.1, -0.05) is 35.2 Å². The van der Waals surface area contributed by atoms with Crippen LogP contribution in [0.25, 0.3) is 0 Å². The van der Waals surface area contributed by atoms with Crippen molar-refractivity contribution in [3.05, 3.63) is 33.8 Å². The second-order valence-electron chi connectivity index (χ2n) is 7.53. The van der Waals surface area contributed by atoms with Crippen LogP contribution in [-0.4, -0.2) is 35.8 Å². The predicted molar refractivity (Wildman–Crippen MR) is 96.0 cm³/mol. The number of nitrogens with zero attached hydrogens (tertiary/aromatic N) is 1. The van der Waals surface area contributed by atoms with Crippen molar-refractivity contribution in [3.63, 3.8) is 0 Å². The van der Waals surface area contributed by atoms with Gasteiger partial charge < -0.3 is 10.2 Å². The van der Waals surface area contributed by atoms with Crippen LogP contribution in [0.3, 0.4) is 0 Å². The lowest BCUT2D eigenvalue weighted by molar-refractivity contribution is -0.122. The molecule has 2 saturated carbocycles. The number of benzene rings is 1. The largest absolute Gasteiger partial charge is 0.352 e. The number of halogens is 1. The third-order valence-electron chi connectivity index (χ3n) is 5.72.